The minimum Gasteiger partial charge on any atom is -0.504 e. The van der Waals surface area contributed by atoms with E-state index in [0.29, 0.717) is 13.1 Å². The van der Waals surface area contributed by atoms with Gasteiger partial charge in [-0.15, -0.1) is 0 Å². The normalized spacial score (nSPS) is 16.9. The van der Waals surface area contributed by atoms with Gasteiger partial charge in [0.25, 0.3) is 11.8 Å². The third-order valence-corrected chi connectivity index (χ3v) is 8.20. The van der Waals surface area contributed by atoms with Crippen LogP contribution in [0.15, 0.2) is 12.1 Å². The number of phenolic OH excluding ortho intramolecular Hbond substituents is 2. The molecule has 7 heteroatoms. The van der Waals surface area contributed by atoms with Crippen LogP contribution in [0.5, 0.6) is 11.5 Å². The molecule has 0 aliphatic heterocycles. The van der Waals surface area contributed by atoms with Crippen LogP contribution in [0.2, 0.25) is 5.31 Å². The van der Waals surface area contributed by atoms with Crippen LogP contribution in [-0.2, 0) is 0 Å². The highest BCUT2D eigenvalue weighted by atomic mass is 16.3. The number of rotatable bonds is 14. The largest absolute Gasteiger partial charge is 0.504 e. The van der Waals surface area contributed by atoms with Crippen LogP contribution in [0.3, 0.4) is 0 Å². The van der Waals surface area contributed by atoms with Gasteiger partial charge in [-0.25, -0.2) is 0 Å². The van der Waals surface area contributed by atoms with Crippen LogP contribution in [-0.4, -0.2) is 43.0 Å². The maximum atomic E-state index is 12.9. The average Bonchev–Trinajstić information content (AvgIpc) is 2.82. The number of hydrogen-bond donors (Lipinski definition) is 4. The standard InChI is InChI=1S/C29H49BN2O4/c1-10-26(5,6)16-27(7,11-2)18-31-24(35)20-14-15-21(23(34)22(20)33)25(36)32-19-28(8,12-3)17-29(9,30)13-4/h14-15,33-34H,10-13,16-19H2,1-9H3,(H,31,35)(H,32,36). The van der Waals surface area contributed by atoms with E-state index in [9.17, 15) is 19.8 Å². The zero-order chi connectivity index (χ0) is 27.9. The highest BCUT2D eigenvalue weighted by molar-refractivity contribution is 6.14. The molecule has 1 rings (SSSR count). The summed E-state index contributed by atoms with van der Waals surface area (Å²) in [5.74, 6) is -2.18. The van der Waals surface area contributed by atoms with Gasteiger partial charge in [0.2, 0.25) is 0 Å². The minimum atomic E-state index is -0.596. The van der Waals surface area contributed by atoms with Gasteiger partial charge in [0.15, 0.2) is 11.5 Å². The van der Waals surface area contributed by atoms with E-state index in [1.165, 1.54) is 12.1 Å². The molecule has 1 aromatic carbocycles. The maximum absolute atomic E-state index is 12.9. The summed E-state index contributed by atoms with van der Waals surface area (Å²) in [5, 5.41) is 26.6. The van der Waals surface area contributed by atoms with Gasteiger partial charge >= 0.3 is 0 Å². The van der Waals surface area contributed by atoms with E-state index >= 15 is 0 Å². The van der Waals surface area contributed by atoms with Crippen molar-refractivity contribution in [2.75, 3.05) is 13.1 Å². The second-order valence-electron chi connectivity index (χ2n) is 12.4. The van der Waals surface area contributed by atoms with Crippen LogP contribution in [0.1, 0.15) is 122 Å². The Balaban J connectivity index is 2.96. The quantitative estimate of drug-likeness (QED) is 0.176. The average molecular weight is 501 g/mol. The van der Waals surface area contributed by atoms with E-state index < -0.39 is 23.3 Å². The number of aromatic hydroxyl groups is 2. The van der Waals surface area contributed by atoms with Gasteiger partial charge in [-0.2, -0.15) is 0 Å². The SMILES string of the molecule is [B]C(C)(CC)CC(C)(CC)CNC(=O)c1ccc(C(=O)NCC(C)(CC)CC(C)(C)CC)c(O)c1O. The van der Waals surface area contributed by atoms with Crippen molar-refractivity contribution in [1.29, 1.82) is 0 Å². The van der Waals surface area contributed by atoms with Crippen molar-refractivity contribution < 1.29 is 19.8 Å². The number of nitrogens with one attached hydrogen (secondary N) is 2. The third-order valence-electron chi connectivity index (χ3n) is 8.20. The second-order valence-corrected chi connectivity index (χ2v) is 12.4. The van der Waals surface area contributed by atoms with Crippen molar-refractivity contribution in [3.05, 3.63) is 23.3 Å². The van der Waals surface area contributed by atoms with Gasteiger partial charge in [-0.1, -0.05) is 80.5 Å². The number of carbonyl (C=O) groups excluding carboxylic acids is 2. The van der Waals surface area contributed by atoms with E-state index in [2.05, 4.69) is 59.1 Å². The molecular formula is C29H49BN2O4. The molecule has 202 valence electrons. The summed E-state index contributed by atoms with van der Waals surface area (Å²) in [6.45, 7) is 19.9. The molecule has 0 bridgehead atoms. The van der Waals surface area contributed by atoms with Gasteiger partial charge in [-0.05, 0) is 54.1 Å². The molecule has 1 aromatic rings. The number of amides is 2. The molecule has 0 spiro atoms. The molecular weight excluding hydrogens is 451 g/mol. The summed E-state index contributed by atoms with van der Waals surface area (Å²) < 4.78 is 0. The lowest BCUT2D eigenvalue weighted by atomic mass is 9.59. The number of benzene rings is 1. The first-order valence-electron chi connectivity index (χ1n) is 13.4. The molecule has 2 amide bonds. The highest BCUT2D eigenvalue weighted by Crippen LogP contribution is 2.42. The second kappa shape index (κ2) is 12.4. The highest BCUT2D eigenvalue weighted by Gasteiger charge is 2.32. The fourth-order valence-electron chi connectivity index (χ4n) is 4.73. The lowest BCUT2D eigenvalue weighted by Gasteiger charge is -2.37. The van der Waals surface area contributed by atoms with Crippen molar-refractivity contribution in [2.24, 2.45) is 16.2 Å². The zero-order valence-electron chi connectivity index (χ0n) is 24.1. The minimum absolute atomic E-state index is 0.0579. The molecule has 0 heterocycles. The summed E-state index contributed by atoms with van der Waals surface area (Å²) in [4.78, 5) is 25.7. The van der Waals surface area contributed by atoms with E-state index in [-0.39, 0.29) is 32.7 Å². The molecule has 0 saturated carbocycles. The summed E-state index contributed by atoms with van der Waals surface area (Å²) in [6, 6.07) is 2.76. The first kappa shape index (κ1) is 31.9. The van der Waals surface area contributed by atoms with Crippen molar-refractivity contribution in [1.82, 2.24) is 10.6 Å². The molecule has 6 nitrogen and oxygen atoms in total. The Morgan fingerprint density at radius 3 is 1.44 bits per heavy atom. The number of carbonyl (C=O) groups is 2. The first-order chi connectivity index (χ1) is 16.5. The Morgan fingerprint density at radius 2 is 1.11 bits per heavy atom. The van der Waals surface area contributed by atoms with Crippen molar-refractivity contribution in [2.45, 2.75) is 106 Å². The van der Waals surface area contributed by atoms with Crippen LogP contribution in [0.4, 0.5) is 0 Å². The van der Waals surface area contributed by atoms with Gasteiger partial charge in [-0.3, -0.25) is 9.59 Å². The van der Waals surface area contributed by atoms with Gasteiger partial charge < -0.3 is 20.8 Å². The van der Waals surface area contributed by atoms with Crippen LogP contribution in [0.25, 0.3) is 0 Å². The Bertz CT molecular complexity index is 842. The Hall–Kier alpha value is -2.18. The van der Waals surface area contributed by atoms with Gasteiger partial charge in [0.05, 0.1) is 19.0 Å². The fraction of sp³-hybridized carbons (Fsp3) is 0.724. The van der Waals surface area contributed by atoms with Crippen molar-refractivity contribution in [3.8, 4) is 11.5 Å². The molecule has 0 aliphatic rings. The smallest absolute Gasteiger partial charge is 0.255 e. The Kier molecular flexibility index (Phi) is 11.0. The topological polar surface area (TPSA) is 98.7 Å². The predicted octanol–water partition coefficient (Wildman–Crippen LogP) is 6.36. The molecule has 36 heavy (non-hydrogen) atoms. The van der Waals surface area contributed by atoms with Crippen LogP contribution < -0.4 is 10.6 Å². The lowest BCUT2D eigenvalue weighted by molar-refractivity contribution is 0.0896. The maximum Gasteiger partial charge on any atom is 0.255 e. The summed E-state index contributed by atoms with van der Waals surface area (Å²) >= 11 is 0. The van der Waals surface area contributed by atoms with Crippen LogP contribution in [0, 0.1) is 16.2 Å². The summed E-state index contributed by atoms with van der Waals surface area (Å²) in [6.07, 6.45) is 5.25. The lowest BCUT2D eigenvalue weighted by Crippen LogP contribution is -2.38. The Labute approximate surface area is 220 Å². The number of phenols is 2. The summed E-state index contributed by atoms with van der Waals surface area (Å²) in [5.41, 5.74) is -0.298. The molecule has 2 radical (unpaired) electrons. The Morgan fingerprint density at radius 1 is 0.722 bits per heavy atom. The van der Waals surface area contributed by atoms with E-state index in [1.807, 2.05) is 13.8 Å². The molecule has 3 atom stereocenters. The molecule has 0 fully saturated rings. The molecule has 4 N–H and O–H groups in total. The van der Waals surface area contributed by atoms with Gasteiger partial charge in [0, 0.05) is 13.1 Å². The van der Waals surface area contributed by atoms with Crippen molar-refractivity contribution in [3.63, 3.8) is 0 Å². The van der Waals surface area contributed by atoms with E-state index in [0.717, 1.165) is 38.5 Å². The third kappa shape index (κ3) is 8.74. The van der Waals surface area contributed by atoms with E-state index in [1.54, 1.807) is 0 Å². The fourth-order valence-corrected chi connectivity index (χ4v) is 4.73. The molecule has 0 saturated heterocycles. The van der Waals surface area contributed by atoms with E-state index in [4.69, 9.17) is 7.85 Å². The van der Waals surface area contributed by atoms with Crippen LogP contribution >= 0.6 is 0 Å². The molecule has 3 unspecified atom stereocenters. The van der Waals surface area contributed by atoms with Gasteiger partial charge in [0.1, 0.15) is 0 Å². The summed E-state index contributed by atoms with van der Waals surface area (Å²) in [7, 11) is 6.36. The number of hydrogen-bond acceptors (Lipinski definition) is 4. The molecule has 0 aliphatic carbocycles. The zero-order valence-corrected chi connectivity index (χ0v) is 24.1. The molecule has 0 aromatic heterocycles. The first-order valence-corrected chi connectivity index (χ1v) is 13.4. The predicted molar refractivity (Wildman–Crippen MR) is 149 cm³/mol. The van der Waals surface area contributed by atoms with Crippen molar-refractivity contribution >= 4 is 19.7 Å². The monoisotopic (exact) mass is 500 g/mol.